The van der Waals surface area contributed by atoms with Crippen LogP contribution in [0.2, 0.25) is 0 Å². The minimum Gasteiger partial charge on any atom is -0.233 e. The number of hydrazone groups is 1. The maximum Gasteiger partial charge on any atom is 0.413 e. The minimum atomic E-state index is -4.35. The summed E-state index contributed by atoms with van der Waals surface area (Å²) in [6.07, 6.45) is -3.38. The predicted molar refractivity (Wildman–Crippen MR) is 83.6 cm³/mol. The Morgan fingerprint density at radius 2 is 2.05 bits per heavy atom. The quantitative estimate of drug-likeness (QED) is 0.760. The summed E-state index contributed by atoms with van der Waals surface area (Å²) in [6.45, 7) is 4.74. The molecule has 2 rings (SSSR count). The Kier molecular flexibility index (Phi) is 5.05. The summed E-state index contributed by atoms with van der Waals surface area (Å²) in [5, 5.41) is 5.79. The molecule has 0 saturated carbocycles. The molecule has 1 aliphatic rings. The monoisotopic (exact) mass is 330 g/mol. The second kappa shape index (κ2) is 6.62. The molecule has 0 aromatic heterocycles. The zero-order valence-electron chi connectivity index (χ0n) is 11.2. The average Bonchev–Trinajstić information content (AvgIpc) is 2.77. The summed E-state index contributed by atoms with van der Waals surface area (Å²) >= 11 is 2.76. The molecule has 1 aromatic carbocycles. The van der Waals surface area contributed by atoms with Crippen LogP contribution >= 0.6 is 23.5 Å². The third-order valence-electron chi connectivity index (χ3n) is 2.62. The molecule has 0 amide bonds. The minimum absolute atomic E-state index is 0.467. The molecule has 0 unspecified atom stereocenters. The second-order valence-electron chi connectivity index (χ2n) is 4.29. The standard InChI is InChI=1S/C14H13F3N2S2/c1-10(14(15,16)17)8-19-11(2)21-13(18-19)20-9-12-6-4-3-5-7-12/h3-8H,2,9H2,1H3/b10-8+. The Morgan fingerprint density at radius 3 is 2.67 bits per heavy atom. The van der Waals surface area contributed by atoms with E-state index in [1.165, 1.54) is 28.5 Å². The lowest BCUT2D eigenvalue weighted by Crippen LogP contribution is -2.13. The molecule has 0 bridgehead atoms. The van der Waals surface area contributed by atoms with Gasteiger partial charge in [0, 0.05) is 17.5 Å². The fraction of sp³-hybridized carbons (Fsp3) is 0.214. The van der Waals surface area contributed by atoms with Crippen molar-refractivity contribution in [1.82, 2.24) is 5.01 Å². The Bertz CT molecular complexity index is 580. The van der Waals surface area contributed by atoms with Crippen molar-refractivity contribution in [3.05, 3.63) is 59.3 Å². The SMILES string of the molecule is C=C1SC(SCc2ccccc2)=NN1/C=C(\C)C(F)(F)F. The zero-order chi connectivity index (χ0) is 15.5. The highest BCUT2D eigenvalue weighted by atomic mass is 32.2. The van der Waals surface area contributed by atoms with Crippen LogP contribution < -0.4 is 0 Å². The molecular weight excluding hydrogens is 317 g/mol. The van der Waals surface area contributed by atoms with Crippen LogP contribution in [0.15, 0.2) is 58.8 Å². The van der Waals surface area contributed by atoms with E-state index in [1.54, 1.807) is 0 Å². The van der Waals surface area contributed by atoms with Crippen LogP contribution in [-0.4, -0.2) is 15.6 Å². The number of thioether (sulfide) groups is 2. The van der Waals surface area contributed by atoms with Gasteiger partial charge >= 0.3 is 6.18 Å². The molecule has 21 heavy (non-hydrogen) atoms. The molecule has 1 aromatic rings. The predicted octanol–water partition coefficient (Wildman–Crippen LogP) is 5.18. The van der Waals surface area contributed by atoms with Gasteiger partial charge in [0.2, 0.25) is 0 Å². The first-order valence-electron chi connectivity index (χ1n) is 6.03. The molecule has 0 fully saturated rings. The Balaban J connectivity index is 2.00. The van der Waals surface area contributed by atoms with Gasteiger partial charge in [0.15, 0.2) is 4.38 Å². The van der Waals surface area contributed by atoms with Crippen molar-refractivity contribution in [2.24, 2.45) is 5.10 Å². The van der Waals surface area contributed by atoms with Crippen LogP contribution in [0.5, 0.6) is 0 Å². The van der Waals surface area contributed by atoms with Crippen LogP contribution in [0.4, 0.5) is 13.2 Å². The van der Waals surface area contributed by atoms with Gasteiger partial charge in [-0.15, -0.1) is 0 Å². The molecular formula is C14H13F3N2S2. The normalized spacial score (nSPS) is 16.4. The number of nitrogens with zero attached hydrogens (tertiary/aromatic N) is 2. The maximum absolute atomic E-state index is 12.5. The van der Waals surface area contributed by atoms with Gasteiger partial charge in [-0.3, -0.25) is 0 Å². The number of alkyl halides is 3. The average molecular weight is 330 g/mol. The van der Waals surface area contributed by atoms with E-state index in [1.807, 2.05) is 30.3 Å². The van der Waals surface area contributed by atoms with E-state index < -0.39 is 11.7 Å². The van der Waals surface area contributed by atoms with Crippen molar-refractivity contribution >= 4 is 27.9 Å². The molecule has 7 heteroatoms. The Labute approximate surface area is 129 Å². The van der Waals surface area contributed by atoms with E-state index in [0.717, 1.165) is 24.4 Å². The molecule has 0 saturated heterocycles. The molecule has 1 heterocycles. The van der Waals surface area contributed by atoms with E-state index in [-0.39, 0.29) is 0 Å². The van der Waals surface area contributed by atoms with Crippen LogP contribution in [0, 0.1) is 0 Å². The smallest absolute Gasteiger partial charge is 0.233 e. The largest absolute Gasteiger partial charge is 0.413 e. The zero-order valence-corrected chi connectivity index (χ0v) is 12.9. The lowest BCUT2D eigenvalue weighted by atomic mass is 10.2. The molecule has 0 N–H and O–H groups in total. The molecule has 0 radical (unpaired) electrons. The highest BCUT2D eigenvalue weighted by Gasteiger charge is 2.31. The fourth-order valence-electron chi connectivity index (χ4n) is 1.45. The number of allylic oxidation sites excluding steroid dienone is 1. The maximum atomic E-state index is 12.5. The van der Waals surface area contributed by atoms with Gasteiger partial charge in [-0.2, -0.15) is 18.3 Å². The van der Waals surface area contributed by atoms with E-state index in [0.29, 0.717) is 9.40 Å². The topological polar surface area (TPSA) is 15.6 Å². The fourth-order valence-corrected chi connectivity index (χ4v) is 3.29. The lowest BCUT2D eigenvalue weighted by Gasteiger charge is -2.12. The number of rotatable bonds is 3. The Hall–Kier alpha value is -1.34. The number of benzene rings is 1. The van der Waals surface area contributed by atoms with E-state index in [9.17, 15) is 13.2 Å². The third-order valence-corrected chi connectivity index (χ3v) is 4.71. The van der Waals surface area contributed by atoms with Crippen molar-refractivity contribution in [1.29, 1.82) is 0 Å². The van der Waals surface area contributed by atoms with Crippen molar-refractivity contribution in [2.75, 3.05) is 0 Å². The summed E-state index contributed by atoms with van der Waals surface area (Å²) in [4.78, 5) is 0. The summed E-state index contributed by atoms with van der Waals surface area (Å²) in [6, 6.07) is 9.81. The van der Waals surface area contributed by atoms with E-state index in [2.05, 4.69) is 11.7 Å². The molecule has 0 aliphatic carbocycles. The van der Waals surface area contributed by atoms with Gasteiger partial charge in [0.25, 0.3) is 0 Å². The van der Waals surface area contributed by atoms with Gasteiger partial charge in [0.1, 0.15) is 0 Å². The number of halogens is 3. The van der Waals surface area contributed by atoms with Crippen LogP contribution in [0.3, 0.4) is 0 Å². The first-order valence-corrected chi connectivity index (χ1v) is 7.83. The molecule has 0 spiro atoms. The molecule has 0 atom stereocenters. The number of hydrogen-bond acceptors (Lipinski definition) is 4. The van der Waals surface area contributed by atoms with Crippen molar-refractivity contribution < 1.29 is 13.2 Å². The summed E-state index contributed by atoms with van der Waals surface area (Å²) in [5.41, 5.74) is 0.430. The van der Waals surface area contributed by atoms with Gasteiger partial charge < -0.3 is 0 Å². The van der Waals surface area contributed by atoms with E-state index >= 15 is 0 Å². The van der Waals surface area contributed by atoms with Crippen molar-refractivity contribution in [3.63, 3.8) is 0 Å². The van der Waals surface area contributed by atoms with Crippen LogP contribution in [0.1, 0.15) is 12.5 Å². The van der Waals surface area contributed by atoms with Gasteiger partial charge in [0.05, 0.1) is 5.03 Å². The van der Waals surface area contributed by atoms with Crippen molar-refractivity contribution in [2.45, 2.75) is 18.9 Å². The molecule has 2 nitrogen and oxygen atoms in total. The Morgan fingerprint density at radius 1 is 1.38 bits per heavy atom. The first-order chi connectivity index (χ1) is 9.86. The van der Waals surface area contributed by atoms with Gasteiger partial charge in [-0.1, -0.05) is 48.7 Å². The third kappa shape index (κ3) is 4.57. The van der Waals surface area contributed by atoms with Crippen LogP contribution in [0.25, 0.3) is 0 Å². The van der Waals surface area contributed by atoms with Gasteiger partial charge in [-0.05, 0) is 24.2 Å². The van der Waals surface area contributed by atoms with Gasteiger partial charge in [-0.25, -0.2) is 5.01 Å². The van der Waals surface area contributed by atoms with Crippen LogP contribution in [-0.2, 0) is 5.75 Å². The highest BCUT2D eigenvalue weighted by molar-refractivity contribution is 8.40. The summed E-state index contributed by atoms with van der Waals surface area (Å²) in [5.74, 6) is 0.718. The summed E-state index contributed by atoms with van der Waals surface area (Å²) in [7, 11) is 0. The first kappa shape index (κ1) is 16.0. The summed E-state index contributed by atoms with van der Waals surface area (Å²) < 4.78 is 38.2. The highest BCUT2D eigenvalue weighted by Crippen LogP contribution is 2.36. The molecule has 1 aliphatic heterocycles. The second-order valence-corrected chi connectivity index (χ2v) is 6.57. The number of hydrogen-bond donors (Lipinski definition) is 0. The lowest BCUT2D eigenvalue weighted by molar-refractivity contribution is -0.0922. The van der Waals surface area contributed by atoms with Crippen molar-refractivity contribution in [3.8, 4) is 0 Å². The molecule has 112 valence electrons. The van der Waals surface area contributed by atoms with E-state index in [4.69, 9.17) is 0 Å².